The third kappa shape index (κ3) is 1.93. The molecule has 1 aliphatic heterocycles. The molecule has 74 valence electrons. The molecule has 1 fully saturated rings. The zero-order valence-electron chi connectivity index (χ0n) is 7.65. The molecule has 13 heavy (non-hydrogen) atoms. The molecular formula is C7H11IN2O3. The van der Waals surface area contributed by atoms with E-state index < -0.39 is 6.03 Å². The Kier molecular flexibility index (Phi) is 3.12. The molecule has 0 aliphatic carbocycles. The van der Waals surface area contributed by atoms with Crippen LogP contribution < -0.4 is 0 Å². The highest BCUT2D eigenvalue weighted by Gasteiger charge is 2.41. The van der Waals surface area contributed by atoms with E-state index in [9.17, 15) is 9.59 Å². The maximum atomic E-state index is 11.4. The van der Waals surface area contributed by atoms with Crippen molar-refractivity contribution in [2.75, 3.05) is 14.1 Å². The van der Waals surface area contributed by atoms with E-state index in [1.165, 1.54) is 4.90 Å². The SMILES string of the molecule is CC1ON(C(=O)N(C)C)C(=O)C1I. The number of urea groups is 1. The first-order valence-electron chi connectivity index (χ1n) is 3.81. The second kappa shape index (κ2) is 3.79. The van der Waals surface area contributed by atoms with Gasteiger partial charge in [-0.3, -0.25) is 9.63 Å². The van der Waals surface area contributed by atoms with Crippen LogP contribution in [0.2, 0.25) is 0 Å². The molecule has 0 spiro atoms. The first-order valence-corrected chi connectivity index (χ1v) is 5.05. The lowest BCUT2D eigenvalue weighted by molar-refractivity contribution is -0.155. The number of carbonyl (C=O) groups is 2. The van der Waals surface area contributed by atoms with Gasteiger partial charge in [0.25, 0.3) is 5.91 Å². The molecule has 1 saturated heterocycles. The molecule has 0 aromatic carbocycles. The molecule has 0 aromatic rings. The Bertz CT molecular complexity index is 236. The Morgan fingerprint density at radius 3 is 2.46 bits per heavy atom. The Morgan fingerprint density at radius 2 is 2.15 bits per heavy atom. The summed E-state index contributed by atoms with van der Waals surface area (Å²) in [6.45, 7) is 1.76. The number of hydroxylamine groups is 2. The van der Waals surface area contributed by atoms with Crippen LogP contribution in [-0.4, -0.2) is 46.0 Å². The summed E-state index contributed by atoms with van der Waals surface area (Å²) >= 11 is 1.97. The van der Waals surface area contributed by atoms with Crippen LogP contribution in [0.25, 0.3) is 0 Å². The van der Waals surface area contributed by atoms with Crippen molar-refractivity contribution in [2.24, 2.45) is 0 Å². The van der Waals surface area contributed by atoms with Crippen molar-refractivity contribution < 1.29 is 14.4 Å². The summed E-state index contributed by atoms with van der Waals surface area (Å²) in [5.74, 6) is -0.285. The van der Waals surface area contributed by atoms with E-state index in [2.05, 4.69) is 0 Å². The van der Waals surface area contributed by atoms with Gasteiger partial charge >= 0.3 is 6.03 Å². The molecule has 2 unspecified atom stereocenters. The summed E-state index contributed by atoms with van der Waals surface area (Å²) in [5, 5.41) is 0.821. The highest BCUT2D eigenvalue weighted by Crippen LogP contribution is 2.23. The van der Waals surface area contributed by atoms with E-state index in [-0.39, 0.29) is 15.9 Å². The van der Waals surface area contributed by atoms with Gasteiger partial charge in [-0.25, -0.2) is 4.79 Å². The number of rotatable bonds is 0. The van der Waals surface area contributed by atoms with Crippen LogP contribution >= 0.6 is 22.6 Å². The summed E-state index contributed by atoms with van der Waals surface area (Å²) in [7, 11) is 3.15. The normalized spacial score (nSPS) is 28.0. The topological polar surface area (TPSA) is 49.9 Å². The average Bonchev–Trinajstić information content (AvgIpc) is 2.31. The van der Waals surface area contributed by atoms with E-state index in [0.717, 1.165) is 5.06 Å². The lowest BCUT2D eigenvalue weighted by Crippen LogP contribution is -2.40. The maximum Gasteiger partial charge on any atom is 0.350 e. The molecule has 1 aliphatic rings. The molecule has 0 saturated carbocycles. The van der Waals surface area contributed by atoms with E-state index in [1.54, 1.807) is 21.0 Å². The fourth-order valence-electron chi connectivity index (χ4n) is 0.905. The third-order valence-corrected chi connectivity index (χ3v) is 3.22. The number of imide groups is 1. The van der Waals surface area contributed by atoms with E-state index in [0.29, 0.717) is 0 Å². The maximum absolute atomic E-state index is 11.4. The predicted molar refractivity (Wildman–Crippen MR) is 54.3 cm³/mol. The van der Waals surface area contributed by atoms with Crippen LogP contribution in [0, 0.1) is 0 Å². The van der Waals surface area contributed by atoms with Crippen molar-refractivity contribution in [1.82, 2.24) is 9.96 Å². The zero-order chi connectivity index (χ0) is 10.2. The molecule has 0 aromatic heterocycles. The summed E-state index contributed by atoms with van der Waals surface area (Å²) in [6, 6.07) is -0.434. The van der Waals surface area contributed by atoms with Gasteiger partial charge in [0.2, 0.25) is 0 Å². The summed E-state index contributed by atoms with van der Waals surface area (Å²) < 4.78 is -0.276. The summed E-state index contributed by atoms with van der Waals surface area (Å²) in [4.78, 5) is 29.2. The number of carbonyl (C=O) groups excluding carboxylic acids is 2. The van der Waals surface area contributed by atoms with Crippen molar-refractivity contribution in [3.63, 3.8) is 0 Å². The molecule has 5 nitrogen and oxygen atoms in total. The number of hydrogen-bond donors (Lipinski definition) is 0. The first kappa shape index (κ1) is 10.7. The highest BCUT2D eigenvalue weighted by atomic mass is 127. The minimum Gasteiger partial charge on any atom is -0.329 e. The van der Waals surface area contributed by atoms with Crippen LogP contribution in [-0.2, 0) is 9.63 Å². The predicted octanol–water partition coefficient (Wildman–Crippen LogP) is 0.634. The molecule has 0 radical (unpaired) electrons. The van der Waals surface area contributed by atoms with Gasteiger partial charge in [-0.05, 0) is 6.92 Å². The Labute approximate surface area is 90.1 Å². The van der Waals surface area contributed by atoms with Crippen LogP contribution in [0.1, 0.15) is 6.92 Å². The summed E-state index contributed by atoms with van der Waals surface area (Å²) in [6.07, 6.45) is -0.239. The zero-order valence-corrected chi connectivity index (χ0v) is 9.81. The van der Waals surface area contributed by atoms with Gasteiger partial charge in [-0.15, -0.1) is 5.06 Å². The molecule has 1 heterocycles. The number of nitrogens with zero attached hydrogens (tertiary/aromatic N) is 2. The molecule has 2 atom stereocenters. The van der Waals surface area contributed by atoms with Crippen LogP contribution in [0.5, 0.6) is 0 Å². The Balaban J connectivity index is 2.74. The largest absolute Gasteiger partial charge is 0.350 e. The fraction of sp³-hybridized carbons (Fsp3) is 0.714. The Hall–Kier alpha value is -0.370. The van der Waals surface area contributed by atoms with Gasteiger partial charge in [0, 0.05) is 14.1 Å². The minimum absolute atomic E-state index is 0.239. The number of alkyl halides is 1. The van der Waals surface area contributed by atoms with Gasteiger partial charge in [-0.2, -0.15) is 0 Å². The van der Waals surface area contributed by atoms with Crippen molar-refractivity contribution >= 4 is 34.5 Å². The van der Waals surface area contributed by atoms with Crippen molar-refractivity contribution in [3.8, 4) is 0 Å². The third-order valence-electron chi connectivity index (χ3n) is 1.68. The lowest BCUT2D eigenvalue weighted by Gasteiger charge is -2.17. The Morgan fingerprint density at radius 1 is 1.62 bits per heavy atom. The van der Waals surface area contributed by atoms with Crippen LogP contribution in [0.4, 0.5) is 4.79 Å². The molecule has 0 N–H and O–H groups in total. The monoisotopic (exact) mass is 298 g/mol. The van der Waals surface area contributed by atoms with Crippen molar-refractivity contribution in [1.29, 1.82) is 0 Å². The fourth-order valence-corrected chi connectivity index (χ4v) is 1.29. The van der Waals surface area contributed by atoms with Crippen LogP contribution in [0.3, 0.4) is 0 Å². The lowest BCUT2D eigenvalue weighted by atomic mass is 10.3. The van der Waals surface area contributed by atoms with E-state index in [4.69, 9.17) is 4.84 Å². The number of amides is 3. The molecule has 0 bridgehead atoms. The second-order valence-electron chi connectivity index (χ2n) is 3.02. The quantitative estimate of drug-likeness (QED) is 0.487. The smallest absolute Gasteiger partial charge is 0.329 e. The number of halogens is 1. The average molecular weight is 298 g/mol. The molecular weight excluding hydrogens is 287 g/mol. The van der Waals surface area contributed by atoms with Crippen molar-refractivity contribution in [3.05, 3.63) is 0 Å². The van der Waals surface area contributed by atoms with Crippen LogP contribution in [0.15, 0.2) is 0 Å². The van der Waals surface area contributed by atoms with E-state index >= 15 is 0 Å². The van der Waals surface area contributed by atoms with Gasteiger partial charge in [0.15, 0.2) is 0 Å². The van der Waals surface area contributed by atoms with E-state index in [1.807, 2.05) is 22.6 Å². The molecule has 3 amide bonds. The van der Waals surface area contributed by atoms with Gasteiger partial charge in [0.1, 0.15) is 10.0 Å². The van der Waals surface area contributed by atoms with Gasteiger partial charge < -0.3 is 4.90 Å². The molecule has 1 rings (SSSR count). The standard InChI is InChI=1S/C7H11IN2O3/c1-4-5(8)6(11)10(13-4)7(12)9(2)3/h4-5H,1-3H3. The highest BCUT2D eigenvalue weighted by molar-refractivity contribution is 14.1. The van der Waals surface area contributed by atoms with Gasteiger partial charge in [-0.1, -0.05) is 22.6 Å². The van der Waals surface area contributed by atoms with Crippen molar-refractivity contribution in [2.45, 2.75) is 17.0 Å². The molecule has 6 heteroatoms. The summed E-state index contributed by atoms with van der Waals surface area (Å²) in [5.41, 5.74) is 0. The number of hydrogen-bond acceptors (Lipinski definition) is 3. The minimum atomic E-state index is -0.434. The second-order valence-corrected chi connectivity index (χ2v) is 4.36. The first-order chi connectivity index (χ1) is 5.95. The van der Waals surface area contributed by atoms with Gasteiger partial charge in [0.05, 0.1) is 0 Å².